The molecular formula is C11H15NO2. The fraction of sp³-hybridized carbons (Fsp3) is 0.545. The Labute approximate surface area is 83.1 Å². The van der Waals surface area contributed by atoms with Crippen molar-refractivity contribution in [1.29, 1.82) is 0 Å². The van der Waals surface area contributed by atoms with Gasteiger partial charge >= 0.3 is 0 Å². The minimum Gasteiger partial charge on any atom is -0.482 e. The Morgan fingerprint density at radius 1 is 1.50 bits per heavy atom. The Morgan fingerprint density at radius 3 is 2.64 bits per heavy atom. The number of ether oxygens (including phenoxy) is 1. The van der Waals surface area contributed by atoms with Crippen LogP contribution in [0.1, 0.15) is 31.7 Å². The number of hydrogen-bond donors (Lipinski definition) is 1. The highest BCUT2D eigenvalue weighted by atomic mass is 16.5. The summed E-state index contributed by atoms with van der Waals surface area (Å²) in [6.45, 7) is 4.43. The number of hydrogen-bond acceptors (Lipinski definition) is 2. The zero-order valence-electron chi connectivity index (χ0n) is 8.76. The summed E-state index contributed by atoms with van der Waals surface area (Å²) in [5, 5.41) is 0. The molecule has 1 aromatic heterocycles. The average molecular weight is 193 g/mol. The fourth-order valence-corrected chi connectivity index (χ4v) is 1.89. The fourth-order valence-electron chi connectivity index (χ4n) is 1.89. The van der Waals surface area contributed by atoms with Crippen LogP contribution in [0.15, 0.2) is 16.9 Å². The molecule has 1 aliphatic rings. The molecule has 3 heteroatoms. The number of rotatable bonds is 2. The first-order valence-corrected chi connectivity index (χ1v) is 4.81. The van der Waals surface area contributed by atoms with E-state index < -0.39 is 0 Å². The van der Waals surface area contributed by atoms with E-state index in [0.717, 1.165) is 12.0 Å². The Hall–Kier alpha value is -1.25. The molecule has 0 radical (unpaired) electrons. The molecule has 0 bridgehead atoms. The zero-order chi connectivity index (χ0) is 10.3. The molecule has 0 aliphatic heterocycles. The van der Waals surface area contributed by atoms with Crippen molar-refractivity contribution in [2.75, 3.05) is 7.11 Å². The van der Waals surface area contributed by atoms with Crippen LogP contribution in [0.3, 0.4) is 0 Å². The van der Waals surface area contributed by atoms with Gasteiger partial charge in [-0.15, -0.1) is 0 Å². The summed E-state index contributed by atoms with van der Waals surface area (Å²) in [6, 6.07) is 3.59. The van der Waals surface area contributed by atoms with E-state index in [1.54, 1.807) is 13.2 Å². The molecule has 0 aromatic carbocycles. The molecule has 76 valence electrons. The molecule has 1 N–H and O–H groups in total. The maximum absolute atomic E-state index is 11.3. The van der Waals surface area contributed by atoms with Crippen molar-refractivity contribution in [2.45, 2.75) is 26.2 Å². The lowest BCUT2D eigenvalue weighted by molar-refractivity contribution is 0.395. The number of aromatic amines is 1. The number of aromatic nitrogens is 1. The lowest BCUT2D eigenvalue weighted by Gasteiger charge is -2.05. The van der Waals surface area contributed by atoms with Gasteiger partial charge in [-0.05, 0) is 23.3 Å². The second-order valence-corrected chi connectivity index (χ2v) is 4.59. The van der Waals surface area contributed by atoms with Crippen molar-refractivity contribution in [3.8, 4) is 5.88 Å². The minimum absolute atomic E-state index is 0.0814. The van der Waals surface area contributed by atoms with Gasteiger partial charge in [0, 0.05) is 12.1 Å². The van der Waals surface area contributed by atoms with Crippen molar-refractivity contribution in [1.82, 2.24) is 4.98 Å². The highest BCUT2D eigenvalue weighted by Gasteiger charge is 2.46. The van der Waals surface area contributed by atoms with E-state index in [9.17, 15) is 4.79 Å². The number of H-pyrrole nitrogens is 1. The summed E-state index contributed by atoms with van der Waals surface area (Å²) < 4.78 is 5.03. The van der Waals surface area contributed by atoms with Gasteiger partial charge in [-0.1, -0.05) is 13.8 Å². The Bertz CT molecular complexity index is 406. The van der Waals surface area contributed by atoms with Gasteiger partial charge in [0.05, 0.1) is 7.11 Å². The lowest BCUT2D eigenvalue weighted by Crippen LogP contribution is -2.07. The lowest BCUT2D eigenvalue weighted by atomic mass is 10.0. The van der Waals surface area contributed by atoms with Crippen LogP contribution in [0.2, 0.25) is 0 Å². The average Bonchev–Trinajstić information content (AvgIpc) is 2.74. The van der Waals surface area contributed by atoms with Gasteiger partial charge < -0.3 is 4.74 Å². The topological polar surface area (TPSA) is 42.1 Å². The maximum Gasteiger partial charge on any atom is 0.250 e. The molecule has 0 amide bonds. The summed E-state index contributed by atoms with van der Waals surface area (Å²) in [4.78, 5) is 13.9. The van der Waals surface area contributed by atoms with Gasteiger partial charge in [-0.25, -0.2) is 0 Å². The monoisotopic (exact) mass is 193 g/mol. The molecule has 1 heterocycles. The zero-order valence-corrected chi connectivity index (χ0v) is 8.76. The minimum atomic E-state index is -0.0814. The van der Waals surface area contributed by atoms with Gasteiger partial charge in [0.15, 0.2) is 5.88 Å². The smallest absolute Gasteiger partial charge is 0.250 e. The molecule has 2 rings (SSSR count). The van der Waals surface area contributed by atoms with Crippen molar-refractivity contribution in [2.24, 2.45) is 5.41 Å². The molecular weight excluding hydrogens is 178 g/mol. The summed E-state index contributed by atoms with van der Waals surface area (Å²) in [5.74, 6) is 1.06. The first-order valence-electron chi connectivity index (χ1n) is 4.81. The van der Waals surface area contributed by atoms with Gasteiger partial charge in [0.1, 0.15) is 0 Å². The molecule has 14 heavy (non-hydrogen) atoms. The van der Waals surface area contributed by atoms with E-state index in [1.807, 2.05) is 6.07 Å². The third-order valence-corrected chi connectivity index (χ3v) is 2.98. The molecule has 1 atom stereocenters. The third kappa shape index (κ3) is 1.54. The van der Waals surface area contributed by atoms with E-state index >= 15 is 0 Å². The Balaban J connectivity index is 2.36. The van der Waals surface area contributed by atoms with Gasteiger partial charge in [-0.3, -0.25) is 9.78 Å². The van der Waals surface area contributed by atoms with Crippen LogP contribution in [0.25, 0.3) is 0 Å². The first kappa shape index (κ1) is 9.31. The van der Waals surface area contributed by atoms with E-state index in [0.29, 0.717) is 17.2 Å². The van der Waals surface area contributed by atoms with E-state index in [4.69, 9.17) is 4.74 Å². The molecule has 3 nitrogen and oxygen atoms in total. The summed E-state index contributed by atoms with van der Waals surface area (Å²) >= 11 is 0. The molecule has 0 unspecified atom stereocenters. The van der Waals surface area contributed by atoms with Crippen LogP contribution >= 0.6 is 0 Å². The van der Waals surface area contributed by atoms with Gasteiger partial charge in [0.2, 0.25) is 0 Å². The largest absolute Gasteiger partial charge is 0.482 e. The predicted octanol–water partition coefficient (Wildman–Crippen LogP) is 1.90. The van der Waals surface area contributed by atoms with Crippen molar-refractivity contribution < 1.29 is 4.74 Å². The van der Waals surface area contributed by atoms with Crippen LogP contribution in [0.4, 0.5) is 0 Å². The SMILES string of the molecule is COc1cc([C@@H]2CC2(C)C)cc(=O)[nH]1. The normalized spacial score (nSPS) is 23.2. The molecule has 1 aliphatic carbocycles. The highest BCUT2D eigenvalue weighted by Crippen LogP contribution is 2.58. The van der Waals surface area contributed by atoms with Gasteiger partial charge in [-0.2, -0.15) is 0 Å². The van der Waals surface area contributed by atoms with Crippen LogP contribution in [0.5, 0.6) is 5.88 Å². The summed E-state index contributed by atoms with van der Waals surface area (Å²) in [6.07, 6.45) is 1.15. The Kier molecular flexibility index (Phi) is 1.91. The van der Waals surface area contributed by atoms with Crippen molar-refractivity contribution >= 4 is 0 Å². The van der Waals surface area contributed by atoms with E-state index in [1.165, 1.54) is 0 Å². The van der Waals surface area contributed by atoms with Crippen molar-refractivity contribution in [3.05, 3.63) is 28.0 Å². The molecule has 1 fully saturated rings. The van der Waals surface area contributed by atoms with Crippen LogP contribution in [0, 0.1) is 5.41 Å². The first-order chi connectivity index (χ1) is 6.53. The van der Waals surface area contributed by atoms with Crippen LogP contribution in [-0.2, 0) is 0 Å². The molecule has 1 saturated carbocycles. The third-order valence-electron chi connectivity index (χ3n) is 2.98. The van der Waals surface area contributed by atoms with E-state index in [-0.39, 0.29) is 5.56 Å². The quantitative estimate of drug-likeness (QED) is 0.779. The highest BCUT2D eigenvalue weighted by molar-refractivity contribution is 5.30. The Morgan fingerprint density at radius 2 is 2.14 bits per heavy atom. The number of methoxy groups -OCH3 is 1. The van der Waals surface area contributed by atoms with Gasteiger partial charge in [0.25, 0.3) is 5.56 Å². The summed E-state index contributed by atoms with van der Waals surface area (Å²) in [7, 11) is 1.56. The molecule has 0 spiro atoms. The molecule has 0 saturated heterocycles. The van der Waals surface area contributed by atoms with Crippen LogP contribution in [-0.4, -0.2) is 12.1 Å². The second-order valence-electron chi connectivity index (χ2n) is 4.59. The summed E-state index contributed by atoms with van der Waals surface area (Å²) in [5.41, 5.74) is 1.36. The van der Waals surface area contributed by atoms with Crippen molar-refractivity contribution in [3.63, 3.8) is 0 Å². The maximum atomic E-state index is 11.3. The predicted molar refractivity (Wildman–Crippen MR) is 54.8 cm³/mol. The van der Waals surface area contributed by atoms with Crippen LogP contribution < -0.4 is 10.3 Å². The number of pyridine rings is 1. The second kappa shape index (κ2) is 2.87. The number of nitrogens with one attached hydrogen (secondary N) is 1. The molecule has 1 aromatic rings. The van der Waals surface area contributed by atoms with E-state index in [2.05, 4.69) is 18.8 Å². The standard InChI is InChI=1S/C11H15NO2/c1-11(2)6-8(11)7-4-9(13)12-10(5-7)14-3/h4-5,8H,6H2,1-3H3,(H,12,13)/t8-/m0/s1.